The molecule has 1 heterocycles. The van der Waals surface area contributed by atoms with Gasteiger partial charge in [0.05, 0.1) is 7.11 Å². The molecule has 0 spiro atoms. The number of ether oxygens (including phenoxy) is 2. The van der Waals surface area contributed by atoms with Crippen LogP contribution in [0, 0.1) is 5.92 Å². The van der Waals surface area contributed by atoms with Gasteiger partial charge in [0.15, 0.2) is 11.5 Å². The summed E-state index contributed by atoms with van der Waals surface area (Å²) >= 11 is 0. The monoisotopic (exact) mass is 371 g/mol. The lowest BCUT2D eigenvalue weighted by Gasteiger charge is -2.34. The molecule has 1 amide bonds. The molecule has 4 nitrogen and oxygen atoms in total. The quantitative estimate of drug-likeness (QED) is 0.714. The maximum Gasteiger partial charge on any atom is 0.226 e. The zero-order valence-electron chi connectivity index (χ0n) is 17.4. The number of hydrogen-bond donors (Lipinski definition) is 0. The Hall–Kier alpha value is -1.97. The first-order chi connectivity index (χ1) is 12.8. The minimum Gasteiger partial charge on any atom is -0.492 e. The molecule has 1 saturated carbocycles. The van der Waals surface area contributed by atoms with E-state index >= 15 is 0 Å². The van der Waals surface area contributed by atoms with Crippen molar-refractivity contribution in [3.8, 4) is 11.5 Å². The average Bonchev–Trinajstić information content (AvgIpc) is 2.64. The molecule has 0 radical (unpaired) electrons. The summed E-state index contributed by atoms with van der Waals surface area (Å²) in [5, 5.41) is 0. The molecule has 0 atom stereocenters. The highest BCUT2D eigenvalue weighted by molar-refractivity contribution is 5.79. The summed E-state index contributed by atoms with van der Waals surface area (Å²) in [6.07, 6.45) is 9.77. The Kier molecular flexibility index (Phi) is 5.83. The fourth-order valence-corrected chi connectivity index (χ4v) is 4.07. The molecular formula is C23H33NO3. The van der Waals surface area contributed by atoms with Crippen LogP contribution in [0.25, 0.3) is 6.08 Å². The lowest BCUT2D eigenvalue weighted by Crippen LogP contribution is -2.41. The van der Waals surface area contributed by atoms with Gasteiger partial charge in [-0.3, -0.25) is 4.79 Å². The molecule has 0 aromatic heterocycles. The van der Waals surface area contributed by atoms with Crippen LogP contribution in [0.5, 0.6) is 11.5 Å². The standard InChI is InChI=1S/C23H33NO3/c1-16(2)24(22(25)18-9-7-6-8-10-18)15-19-12-11-17-13-14-23(3,4)27-21(17)20(19)26-5/h11-14,16,18H,6-10,15H2,1-5H3. The summed E-state index contributed by atoms with van der Waals surface area (Å²) in [5.41, 5.74) is 1.65. The van der Waals surface area contributed by atoms with Crippen molar-refractivity contribution in [2.75, 3.05) is 7.11 Å². The third-order valence-electron chi connectivity index (χ3n) is 5.66. The van der Waals surface area contributed by atoms with E-state index in [-0.39, 0.29) is 23.5 Å². The van der Waals surface area contributed by atoms with Crippen LogP contribution in [0.15, 0.2) is 18.2 Å². The first-order valence-electron chi connectivity index (χ1n) is 10.2. The Balaban J connectivity index is 1.88. The molecule has 0 bridgehead atoms. The van der Waals surface area contributed by atoms with Gasteiger partial charge in [-0.1, -0.05) is 37.5 Å². The van der Waals surface area contributed by atoms with Crippen LogP contribution in [0.1, 0.15) is 70.9 Å². The summed E-state index contributed by atoms with van der Waals surface area (Å²) in [6, 6.07) is 4.27. The Labute approximate surface area is 163 Å². The molecule has 1 aromatic rings. The van der Waals surface area contributed by atoms with E-state index in [2.05, 4.69) is 38.1 Å². The minimum absolute atomic E-state index is 0.150. The van der Waals surface area contributed by atoms with Gasteiger partial charge in [0.1, 0.15) is 5.60 Å². The van der Waals surface area contributed by atoms with Gasteiger partial charge < -0.3 is 14.4 Å². The van der Waals surface area contributed by atoms with Gasteiger partial charge in [0.25, 0.3) is 0 Å². The van der Waals surface area contributed by atoms with Gasteiger partial charge >= 0.3 is 0 Å². The zero-order valence-corrected chi connectivity index (χ0v) is 17.4. The van der Waals surface area contributed by atoms with Gasteiger partial charge in [0.2, 0.25) is 5.91 Å². The van der Waals surface area contributed by atoms with Crippen molar-refractivity contribution in [2.24, 2.45) is 5.92 Å². The van der Waals surface area contributed by atoms with E-state index in [9.17, 15) is 4.79 Å². The molecule has 1 aromatic carbocycles. The van der Waals surface area contributed by atoms with Crippen LogP contribution in [-0.2, 0) is 11.3 Å². The van der Waals surface area contributed by atoms with E-state index in [1.807, 2.05) is 18.7 Å². The van der Waals surface area contributed by atoms with Gasteiger partial charge in [-0.25, -0.2) is 0 Å². The smallest absolute Gasteiger partial charge is 0.226 e. The second-order valence-electron chi connectivity index (χ2n) is 8.61. The summed E-state index contributed by atoms with van der Waals surface area (Å²) in [5.74, 6) is 1.97. The topological polar surface area (TPSA) is 38.8 Å². The van der Waals surface area contributed by atoms with Gasteiger partial charge in [-0.05, 0) is 46.6 Å². The van der Waals surface area contributed by atoms with Crippen LogP contribution in [-0.4, -0.2) is 29.6 Å². The second kappa shape index (κ2) is 7.95. The molecule has 1 aliphatic carbocycles. The normalized spacial score (nSPS) is 18.7. The molecule has 1 fully saturated rings. The highest BCUT2D eigenvalue weighted by Crippen LogP contribution is 2.41. The van der Waals surface area contributed by atoms with Crippen molar-refractivity contribution in [1.82, 2.24) is 4.90 Å². The van der Waals surface area contributed by atoms with E-state index in [1.165, 1.54) is 19.3 Å². The Morgan fingerprint density at radius 3 is 2.59 bits per heavy atom. The first-order valence-corrected chi connectivity index (χ1v) is 10.2. The number of amides is 1. The van der Waals surface area contributed by atoms with Crippen molar-refractivity contribution in [3.63, 3.8) is 0 Å². The fraction of sp³-hybridized carbons (Fsp3) is 0.609. The maximum absolute atomic E-state index is 13.2. The molecule has 0 unspecified atom stereocenters. The highest BCUT2D eigenvalue weighted by atomic mass is 16.5. The summed E-state index contributed by atoms with van der Waals surface area (Å²) < 4.78 is 11.9. The Morgan fingerprint density at radius 2 is 1.96 bits per heavy atom. The number of methoxy groups -OCH3 is 1. The third-order valence-corrected chi connectivity index (χ3v) is 5.66. The van der Waals surface area contributed by atoms with Crippen LogP contribution >= 0.6 is 0 Å². The molecule has 0 saturated heterocycles. The molecule has 4 heteroatoms. The molecule has 1 aliphatic heterocycles. The van der Waals surface area contributed by atoms with Crippen LogP contribution in [0.4, 0.5) is 0 Å². The number of benzene rings is 1. The highest BCUT2D eigenvalue weighted by Gasteiger charge is 2.30. The second-order valence-corrected chi connectivity index (χ2v) is 8.61. The molecule has 3 rings (SSSR count). The molecule has 148 valence electrons. The van der Waals surface area contributed by atoms with E-state index in [0.717, 1.165) is 35.5 Å². The number of carbonyl (C=O) groups is 1. The predicted molar refractivity (Wildman–Crippen MR) is 109 cm³/mol. The lowest BCUT2D eigenvalue weighted by atomic mass is 9.88. The lowest BCUT2D eigenvalue weighted by molar-refractivity contribution is -0.139. The van der Waals surface area contributed by atoms with Crippen molar-refractivity contribution in [3.05, 3.63) is 29.3 Å². The molecular weight excluding hydrogens is 338 g/mol. The Bertz CT molecular complexity index is 715. The zero-order chi connectivity index (χ0) is 19.6. The van der Waals surface area contributed by atoms with Gasteiger partial charge in [0, 0.05) is 29.6 Å². The van der Waals surface area contributed by atoms with Crippen molar-refractivity contribution in [2.45, 2.75) is 78.0 Å². The van der Waals surface area contributed by atoms with Crippen LogP contribution in [0.2, 0.25) is 0 Å². The van der Waals surface area contributed by atoms with E-state index < -0.39 is 0 Å². The van der Waals surface area contributed by atoms with Gasteiger partial charge in [-0.2, -0.15) is 0 Å². The van der Waals surface area contributed by atoms with E-state index in [1.54, 1.807) is 7.11 Å². The van der Waals surface area contributed by atoms with Crippen molar-refractivity contribution >= 4 is 12.0 Å². The van der Waals surface area contributed by atoms with Crippen molar-refractivity contribution < 1.29 is 14.3 Å². The van der Waals surface area contributed by atoms with Gasteiger partial charge in [-0.15, -0.1) is 0 Å². The summed E-state index contributed by atoms with van der Waals surface area (Å²) in [6.45, 7) is 8.80. The SMILES string of the molecule is COc1c(CN(C(=O)C2CCCCC2)C(C)C)ccc2c1OC(C)(C)C=C2. The summed E-state index contributed by atoms with van der Waals surface area (Å²) in [4.78, 5) is 15.2. The summed E-state index contributed by atoms with van der Waals surface area (Å²) in [7, 11) is 1.68. The van der Waals surface area contributed by atoms with Crippen LogP contribution < -0.4 is 9.47 Å². The van der Waals surface area contributed by atoms with Crippen LogP contribution in [0.3, 0.4) is 0 Å². The molecule has 27 heavy (non-hydrogen) atoms. The first kappa shape index (κ1) is 19.8. The third kappa shape index (κ3) is 4.31. The van der Waals surface area contributed by atoms with Crippen molar-refractivity contribution in [1.29, 1.82) is 0 Å². The van der Waals surface area contributed by atoms with E-state index in [4.69, 9.17) is 9.47 Å². The Morgan fingerprint density at radius 1 is 1.26 bits per heavy atom. The molecule has 2 aliphatic rings. The number of fused-ring (bicyclic) bond motifs is 1. The average molecular weight is 372 g/mol. The number of rotatable bonds is 5. The minimum atomic E-state index is -0.367. The number of nitrogens with zero attached hydrogens (tertiary/aromatic N) is 1. The van der Waals surface area contributed by atoms with E-state index in [0.29, 0.717) is 6.54 Å². The predicted octanol–water partition coefficient (Wildman–Crippen LogP) is 5.20. The number of carbonyl (C=O) groups excluding carboxylic acids is 1. The largest absolute Gasteiger partial charge is 0.492 e. The maximum atomic E-state index is 13.2. The molecule has 0 N–H and O–H groups in total. The fourth-order valence-electron chi connectivity index (χ4n) is 4.07. The number of hydrogen-bond acceptors (Lipinski definition) is 3.